The highest BCUT2D eigenvalue weighted by atomic mass is 35.5. The Bertz CT molecular complexity index is 816. The van der Waals surface area contributed by atoms with Crippen molar-refractivity contribution in [3.63, 3.8) is 0 Å². The number of hydrogen-bond donors (Lipinski definition) is 3. The Labute approximate surface area is 143 Å². The van der Waals surface area contributed by atoms with Crippen LogP contribution in [0.25, 0.3) is 11.0 Å². The van der Waals surface area contributed by atoms with Crippen molar-refractivity contribution in [2.45, 2.75) is 6.42 Å². The average Bonchev–Trinajstić information content (AvgIpc) is 2.93. The molecule has 0 saturated heterocycles. The number of halogens is 2. The Morgan fingerprint density at radius 1 is 1.26 bits per heavy atom. The van der Waals surface area contributed by atoms with Gasteiger partial charge >= 0.3 is 0 Å². The Kier molecular flexibility index (Phi) is 4.73. The molecule has 3 rings (SSSR count). The highest BCUT2D eigenvalue weighted by Gasteiger charge is 2.04. The van der Waals surface area contributed by atoms with Crippen molar-refractivity contribution < 1.29 is 4.39 Å². The number of benzene rings is 2. The van der Waals surface area contributed by atoms with Crippen molar-refractivity contribution in [3.8, 4) is 0 Å². The topological polar surface area (TPSA) is 52.7 Å². The summed E-state index contributed by atoms with van der Waals surface area (Å²) in [7, 11) is 0. The Morgan fingerprint density at radius 2 is 2.09 bits per heavy atom. The van der Waals surface area contributed by atoms with E-state index in [1.54, 1.807) is 6.07 Å². The first-order valence-corrected chi connectivity index (χ1v) is 7.84. The minimum absolute atomic E-state index is 0.0556. The molecule has 0 fully saturated rings. The summed E-state index contributed by atoms with van der Waals surface area (Å²) in [5.41, 5.74) is 2.60. The van der Waals surface area contributed by atoms with E-state index in [9.17, 15) is 4.39 Å². The summed E-state index contributed by atoms with van der Waals surface area (Å²) in [6.07, 6.45) is 0.709. The van der Waals surface area contributed by atoms with Gasteiger partial charge in [-0.25, -0.2) is 9.37 Å². The molecule has 1 heterocycles. The van der Waals surface area contributed by atoms with Crippen molar-refractivity contribution in [2.24, 2.45) is 0 Å². The van der Waals surface area contributed by atoms with E-state index in [0.29, 0.717) is 23.8 Å². The zero-order valence-corrected chi connectivity index (χ0v) is 13.6. The van der Waals surface area contributed by atoms with Crippen molar-refractivity contribution in [3.05, 3.63) is 59.1 Å². The molecule has 0 unspecified atom stereocenters. The predicted octanol–water partition coefficient (Wildman–Crippen LogP) is 3.88. The standard InChI is InChI=1S/C16H14ClFN4S/c17-11-9-10(5-6-12(11)18)20-16(23)19-8-7-15-21-13-3-1-2-4-14(13)22-15/h1-6,9H,7-8H2,(H,21,22)(H2,19,20,23). The molecule has 0 saturated carbocycles. The summed E-state index contributed by atoms with van der Waals surface area (Å²) >= 11 is 10.9. The molecule has 23 heavy (non-hydrogen) atoms. The highest BCUT2D eigenvalue weighted by molar-refractivity contribution is 7.80. The van der Waals surface area contributed by atoms with Crippen LogP contribution in [0, 0.1) is 5.82 Å². The number of rotatable bonds is 4. The molecular formula is C16H14ClFN4S. The number of thiocarbonyl (C=S) groups is 1. The number of fused-ring (bicyclic) bond motifs is 1. The van der Waals surface area contributed by atoms with Gasteiger partial charge in [0.15, 0.2) is 5.11 Å². The van der Waals surface area contributed by atoms with Crippen LogP contribution in [-0.4, -0.2) is 21.6 Å². The van der Waals surface area contributed by atoms with Crippen LogP contribution in [0.4, 0.5) is 10.1 Å². The van der Waals surface area contributed by atoms with Crippen molar-refractivity contribution in [1.82, 2.24) is 15.3 Å². The smallest absolute Gasteiger partial charge is 0.170 e. The molecule has 0 amide bonds. The summed E-state index contributed by atoms with van der Waals surface area (Å²) in [4.78, 5) is 7.76. The van der Waals surface area contributed by atoms with Crippen LogP contribution in [0.2, 0.25) is 5.02 Å². The van der Waals surface area contributed by atoms with E-state index in [1.807, 2.05) is 24.3 Å². The van der Waals surface area contributed by atoms with Crippen molar-refractivity contribution in [1.29, 1.82) is 0 Å². The second-order valence-corrected chi connectivity index (χ2v) is 5.78. The highest BCUT2D eigenvalue weighted by Crippen LogP contribution is 2.19. The van der Waals surface area contributed by atoms with Gasteiger partial charge in [0.1, 0.15) is 11.6 Å². The summed E-state index contributed by atoms with van der Waals surface area (Å²) in [6, 6.07) is 12.2. The number of H-pyrrole nitrogens is 1. The third-order valence-corrected chi connectivity index (χ3v) is 3.80. The molecule has 118 valence electrons. The van der Waals surface area contributed by atoms with Crippen LogP contribution in [0.1, 0.15) is 5.82 Å². The van der Waals surface area contributed by atoms with Gasteiger partial charge in [-0.05, 0) is 42.5 Å². The molecule has 0 radical (unpaired) electrons. The molecule has 4 nitrogen and oxygen atoms in total. The maximum absolute atomic E-state index is 13.1. The lowest BCUT2D eigenvalue weighted by Crippen LogP contribution is -2.30. The maximum atomic E-state index is 13.1. The number of imidazole rings is 1. The second kappa shape index (κ2) is 6.93. The normalized spacial score (nSPS) is 10.7. The van der Waals surface area contributed by atoms with E-state index >= 15 is 0 Å². The van der Waals surface area contributed by atoms with Gasteiger partial charge < -0.3 is 15.6 Å². The van der Waals surface area contributed by atoms with E-state index in [-0.39, 0.29) is 5.02 Å². The Morgan fingerprint density at radius 3 is 2.87 bits per heavy atom. The minimum atomic E-state index is -0.457. The van der Waals surface area contributed by atoms with Crippen LogP contribution in [0.15, 0.2) is 42.5 Å². The lowest BCUT2D eigenvalue weighted by Gasteiger charge is -2.10. The fourth-order valence-electron chi connectivity index (χ4n) is 2.17. The van der Waals surface area contributed by atoms with Gasteiger partial charge in [-0.15, -0.1) is 0 Å². The molecule has 0 bridgehead atoms. The molecule has 0 aliphatic heterocycles. The van der Waals surface area contributed by atoms with E-state index in [1.165, 1.54) is 12.1 Å². The molecule has 2 aromatic carbocycles. The van der Waals surface area contributed by atoms with E-state index in [2.05, 4.69) is 20.6 Å². The van der Waals surface area contributed by atoms with Crippen LogP contribution < -0.4 is 10.6 Å². The monoisotopic (exact) mass is 348 g/mol. The largest absolute Gasteiger partial charge is 0.362 e. The third-order valence-electron chi connectivity index (χ3n) is 3.26. The number of anilines is 1. The fourth-order valence-corrected chi connectivity index (χ4v) is 2.57. The number of aromatic nitrogens is 2. The quantitative estimate of drug-likeness (QED) is 0.626. The molecule has 0 spiro atoms. The number of nitrogens with zero attached hydrogens (tertiary/aromatic N) is 1. The zero-order valence-electron chi connectivity index (χ0n) is 12.1. The summed E-state index contributed by atoms with van der Waals surface area (Å²) in [6.45, 7) is 0.626. The van der Waals surface area contributed by atoms with E-state index < -0.39 is 5.82 Å². The van der Waals surface area contributed by atoms with Crippen LogP contribution >= 0.6 is 23.8 Å². The van der Waals surface area contributed by atoms with Gasteiger partial charge in [0.05, 0.1) is 16.1 Å². The molecule has 0 aliphatic rings. The molecule has 3 aromatic rings. The van der Waals surface area contributed by atoms with Crippen LogP contribution in [0.5, 0.6) is 0 Å². The van der Waals surface area contributed by atoms with Gasteiger partial charge in [-0.1, -0.05) is 23.7 Å². The number of aromatic amines is 1. The first-order valence-electron chi connectivity index (χ1n) is 7.05. The molecule has 1 aromatic heterocycles. The van der Waals surface area contributed by atoms with Crippen molar-refractivity contribution >= 4 is 45.7 Å². The number of nitrogens with one attached hydrogen (secondary N) is 3. The summed E-state index contributed by atoms with van der Waals surface area (Å²) in [5.74, 6) is 0.437. The molecule has 7 heteroatoms. The maximum Gasteiger partial charge on any atom is 0.170 e. The van der Waals surface area contributed by atoms with Gasteiger partial charge in [-0.3, -0.25) is 0 Å². The van der Waals surface area contributed by atoms with Gasteiger partial charge in [0.25, 0.3) is 0 Å². The van der Waals surface area contributed by atoms with Gasteiger partial charge in [-0.2, -0.15) is 0 Å². The molecule has 0 atom stereocenters. The average molecular weight is 349 g/mol. The van der Waals surface area contributed by atoms with Gasteiger partial charge in [0, 0.05) is 18.7 Å². The summed E-state index contributed by atoms with van der Waals surface area (Å²) in [5, 5.41) is 6.55. The summed E-state index contributed by atoms with van der Waals surface area (Å²) < 4.78 is 13.1. The van der Waals surface area contributed by atoms with Crippen molar-refractivity contribution in [2.75, 3.05) is 11.9 Å². The Balaban J connectivity index is 1.51. The van der Waals surface area contributed by atoms with Gasteiger partial charge in [0.2, 0.25) is 0 Å². The first-order chi connectivity index (χ1) is 11.1. The SMILES string of the molecule is Fc1ccc(NC(=S)NCCc2nc3ccccc3[nH]2)cc1Cl. The number of para-hydroxylation sites is 2. The molecule has 0 aliphatic carbocycles. The zero-order chi connectivity index (χ0) is 16.2. The third kappa shape index (κ3) is 3.97. The second-order valence-electron chi connectivity index (χ2n) is 4.96. The van der Waals surface area contributed by atoms with E-state index in [0.717, 1.165) is 16.9 Å². The molecule has 3 N–H and O–H groups in total. The number of hydrogen-bond acceptors (Lipinski definition) is 2. The van der Waals surface area contributed by atoms with Crippen LogP contribution in [-0.2, 0) is 6.42 Å². The lowest BCUT2D eigenvalue weighted by atomic mass is 10.3. The minimum Gasteiger partial charge on any atom is -0.362 e. The molecular weight excluding hydrogens is 335 g/mol. The lowest BCUT2D eigenvalue weighted by molar-refractivity contribution is 0.628. The first kappa shape index (κ1) is 15.7. The fraction of sp³-hybridized carbons (Fsp3) is 0.125. The van der Waals surface area contributed by atoms with Crippen LogP contribution in [0.3, 0.4) is 0 Å². The predicted molar refractivity (Wildman–Crippen MR) is 95.4 cm³/mol. The Hall–Kier alpha value is -2.18. The van der Waals surface area contributed by atoms with E-state index in [4.69, 9.17) is 23.8 Å².